The van der Waals surface area contributed by atoms with Gasteiger partial charge in [-0.15, -0.1) is 0 Å². The quantitative estimate of drug-likeness (QED) is 0.422. The largest absolute Gasteiger partial charge is 0.348 e. The maximum absolute atomic E-state index is 13.9. The molecule has 1 aromatic heterocycles. The summed E-state index contributed by atoms with van der Waals surface area (Å²) in [7, 11) is 0. The third-order valence-electron chi connectivity index (χ3n) is 5.85. The fourth-order valence-electron chi connectivity index (χ4n) is 3.99. The molecule has 4 N–H and O–H groups in total. The van der Waals surface area contributed by atoms with Crippen molar-refractivity contribution in [2.45, 2.75) is 31.7 Å². The zero-order valence-corrected chi connectivity index (χ0v) is 18.4. The van der Waals surface area contributed by atoms with Gasteiger partial charge in [0.1, 0.15) is 28.7 Å². The molecule has 1 aliphatic rings. The van der Waals surface area contributed by atoms with Gasteiger partial charge in [-0.25, -0.2) is 13.2 Å². The molecule has 8 nitrogen and oxygen atoms in total. The van der Waals surface area contributed by atoms with E-state index in [0.29, 0.717) is 31.4 Å². The van der Waals surface area contributed by atoms with E-state index in [9.17, 15) is 27.6 Å². The summed E-state index contributed by atoms with van der Waals surface area (Å²) >= 11 is 0. The van der Waals surface area contributed by atoms with E-state index in [0.717, 1.165) is 18.2 Å². The molecule has 2 aromatic carbocycles. The number of halogens is 3. The van der Waals surface area contributed by atoms with Gasteiger partial charge in [0.15, 0.2) is 0 Å². The van der Waals surface area contributed by atoms with Crippen molar-refractivity contribution in [1.82, 2.24) is 15.5 Å². The number of hydrogen-bond donors (Lipinski definition) is 4. The molecule has 182 valence electrons. The SMILES string of the molecule is O=C(NC1CCC(C(=O)Nc2ccc(F)cc2)CC1)c1[nH]ncc1NC(=O)c1c(F)cccc1F. The minimum Gasteiger partial charge on any atom is -0.348 e. The minimum absolute atomic E-state index is 0.0254. The molecule has 3 aromatic rings. The Morgan fingerprint density at radius 1 is 0.857 bits per heavy atom. The molecule has 0 aliphatic heterocycles. The smallest absolute Gasteiger partial charge is 0.271 e. The standard InChI is InChI=1S/C24H22F3N5O3/c25-14-6-10-16(11-7-14)29-22(33)13-4-8-15(9-5-13)30-24(35)21-19(12-28-32-21)31-23(34)20-17(26)2-1-3-18(20)27/h1-3,6-7,10-13,15H,4-5,8-9H2,(H,28,32)(H,29,33)(H,30,35)(H,31,34). The highest BCUT2D eigenvalue weighted by atomic mass is 19.1. The summed E-state index contributed by atoms with van der Waals surface area (Å²) < 4.78 is 40.8. The average Bonchev–Trinajstić information content (AvgIpc) is 3.29. The lowest BCUT2D eigenvalue weighted by atomic mass is 9.85. The highest BCUT2D eigenvalue weighted by Crippen LogP contribution is 2.26. The molecular formula is C24H22F3N5O3. The number of carbonyl (C=O) groups is 3. The van der Waals surface area contributed by atoms with E-state index in [1.54, 1.807) is 0 Å². The molecule has 0 spiro atoms. The van der Waals surface area contributed by atoms with E-state index in [-0.39, 0.29) is 29.2 Å². The maximum Gasteiger partial charge on any atom is 0.271 e. The highest BCUT2D eigenvalue weighted by Gasteiger charge is 2.28. The first kappa shape index (κ1) is 24.0. The van der Waals surface area contributed by atoms with Crippen molar-refractivity contribution >= 4 is 29.1 Å². The zero-order chi connectivity index (χ0) is 24.9. The van der Waals surface area contributed by atoms with Crippen molar-refractivity contribution in [3.05, 3.63) is 77.4 Å². The third kappa shape index (κ3) is 5.68. The Morgan fingerprint density at radius 3 is 2.17 bits per heavy atom. The number of nitrogens with zero attached hydrogens (tertiary/aromatic N) is 1. The molecule has 1 fully saturated rings. The number of benzene rings is 2. The number of hydrogen-bond acceptors (Lipinski definition) is 4. The van der Waals surface area contributed by atoms with E-state index in [4.69, 9.17) is 0 Å². The number of aromatic nitrogens is 2. The molecule has 1 saturated carbocycles. The van der Waals surface area contributed by atoms with Crippen LogP contribution in [-0.2, 0) is 4.79 Å². The number of nitrogens with one attached hydrogen (secondary N) is 4. The van der Waals surface area contributed by atoms with Crippen LogP contribution in [0.5, 0.6) is 0 Å². The summed E-state index contributed by atoms with van der Waals surface area (Å²) in [6.07, 6.45) is 3.34. The summed E-state index contributed by atoms with van der Waals surface area (Å²) in [5.74, 6) is -4.46. The molecule has 35 heavy (non-hydrogen) atoms. The van der Waals surface area contributed by atoms with E-state index in [1.165, 1.54) is 30.5 Å². The summed E-state index contributed by atoms with van der Waals surface area (Å²) in [5.41, 5.74) is -0.345. The monoisotopic (exact) mass is 485 g/mol. The molecular weight excluding hydrogens is 463 g/mol. The number of rotatable bonds is 6. The molecule has 11 heteroatoms. The first-order chi connectivity index (χ1) is 16.8. The van der Waals surface area contributed by atoms with Crippen LogP contribution < -0.4 is 16.0 Å². The Labute approximate surface area is 198 Å². The van der Waals surface area contributed by atoms with Gasteiger partial charge in [0.25, 0.3) is 11.8 Å². The van der Waals surface area contributed by atoms with E-state index in [2.05, 4.69) is 26.1 Å². The van der Waals surface area contributed by atoms with Crippen LogP contribution in [-0.4, -0.2) is 34.0 Å². The number of amides is 3. The second-order valence-electron chi connectivity index (χ2n) is 8.23. The lowest BCUT2D eigenvalue weighted by molar-refractivity contribution is -0.120. The van der Waals surface area contributed by atoms with E-state index < -0.39 is 34.8 Å². The number of H-pyrrole nitrogens is 1. The topological polar surface area (TPSA) is 116 Å². The fourth-order valence-corrected chi connectivity index (χ4v) is 3.99. The van der Waals surface area contributed by atoms with Gasteiger partial charge in [-0.2, -0.15) is 5.10 Å². The second kappa shape index (κ2) is 10.4. The molecule has 3 amide bonds. The van der Waals surface area contributed by atoms with Crippen molar-refractivity contribution in [3.63, 3.8) is 0 Å². The molecule has 0 radical (unpaired) electrons. The van der Waals surface area contributed by atoms with E-state index >= 15 is 0 Å². The van der Waals surface area contributed by atoms with Crippen molar-refractivity contribution in [2.75, 3.05) is 10.6 Å². The van der Waals surface area contributed by atoms with Gasteiger partial charge in [-0.1, -0.05) is 6.07 Å². The fraction of sp³-hybridized carbons (Fsp3) is 0.250. The molecule has 0 bridgehead atoms. The third-order valence-corrected chi connectivity index (χ3v) is 5.85. The Hall–Kier alpha value is -4.15. The zero-order valence-electron chi connectivity index (χ0n) is 18.4. The van der Waals surface area contributed by atoms with Gasteiger partial charge in [0.05, 0.1) is 11.9 Å². The first-order valence-electron chi connectivity index (χ1n) is 11.0. The number of aromatic amines is 1. The van der Waals surface area contributed by atoms with Crippen molar-refractivity contribution < 1.29 is 27.6 Å². The minimum atomic E-state index is -1.05. The Bertz CT molecular complexity index is 1220. The molecule has 0 atom stereocenters. The highest BCUT2D eigenvalue weighted by molar-refractivity contribution is 6.08. The summed E-state index contributed by atoms with van der Waals surface area (Å²) in [6.45, 7) is 0. The van der Waals surface area contributed by atoms with Crippen LogP contribution in [0.15, 0.2) is 48.7 Å². The number of carbonyl (C=O) groups excluding carboxylic acids is 3. The van der Waals surface area contributed by atoms with Gasteiger partial charge in [0.2, 0.25) is 5.91 Å². The number of anilines is 2. The predicted octanol–water partition coefficient (Wildman–Crippen LogP) is 4.01. The van der Waals surface area contributed by atoms with E-state index in [1.807, 2.05) is 0 Å². The van der Waals surface area contributed by atoms with Gasteiger partial charge in [-0.05, 0) is 62.1 Å². The Balaban J connectivity index is 1.31. The summed E-state index contributed by atoms with van der Waals surface area (Å²) in [5, 5.41) is 14.1. The maximum atomic E-state index is 13.9. The first-order valence-corrected chi connectivity index (χ1v) is 11.0. The van der Waals surface area contributed by atoms with Crippen molar-refractivity contribution in [1.29, 1.82) is 0 Å². The molecule has 1 aliphatic carbocycles. The Kier molecular flexibility index (Phi) is 7.14. The normalized spacial score (nSPS) is 17.5. The van der Waals surface area contributed by atoms with Gasteiger partial charge in [0, 0.05) is 17.6 Å². The molecule has 4 rings (SSSR count). The van der Waals surface area contributed by atoms with Gasteiger partial charge >= 0.3 is 0 Å². The lowest BCUT2D eigenvalue weighted by Crippen LogP contribution is -2.40. The second-order valence-corrected chi connectivity index (χ2v) is 8.23. The van der Waals surface area contributed by atoms with Crippen LogP contribution in [0.1, 0.15) is 46.5 Å². The Morgan fingerprint density at radius 2 is 1.51 bits per heavy atom. The molecule has 1 heterocycles. The molecule has 0 unspecified atom stereocenters. The van der Waals surface area contributed by atoms with Crippen LogP contribution >= 0.6 is 0 Å². The van der Waals surface area contributed by atoms with Crippen molar-refractivity contribution in [2.24, 2.45) is 5.92 Å². The van der Waals surface area contributed by atoms with Crippen LogP contribution in [0, 0.1) is 23.4 Å². The van der Waals surface area contributed by atoms with Crippen molar-refractivity contribution in [3.8, 4) is 0 Å². The van der Waals surface area contributed by atoms with Gasteiger partial charge in [-0.3, -0.25) is 19.5 Å². The summed E-state index contributed by atoms with van der Waals surface area (Å²) in [6, 6.07) is 8.34. The molecule has 0 saturated heterocycles. The van der Waals surface area contributed by atoms with Crippen LogP contribution in [0.25, 0.3) is 0 Å². The predicted molar refractivity (Wildman–Crippen MR) is 121 cm³/mol. The summed E-state index contributed by atoms with van der Waals surface area (Å²) in [4.78, 5) is 37.6. The lowest BCUT2D eigenvalue weighted by Gasteiger charge is -2.28. The average molecular weight is 485 g/mol. The van der Waals surface area contributed by atoms with Crippen LogP contribution in [0.3, 0.4) is 0 Å². The van der Waals surface area contributed by atoms with Crippen LogP contribution in [0.4, 0.5) is 24.5 Å². The van der Waals surface area contributed by atoms with Gasteiger partial charge < -0.3 is 16.0 Å². The van der Waals surface area contributed by atoms with Crippen LogP contribution in [0.2, 0.25) is 0 Å².